The number of aliphatic hydroxyl groups excluding tert-OH is 1. The summed E-state index contributed by atoms with van der Waals surface area (Å²) < 4.78 is 10.5. The smallest absolute Gasteiger partial charge is 0.306 e. The molecule has 0 saturated carbocycles. The Labute approximate surface area is 247 Å². The van der Waals surface area contributed by atoms with Gasteiger partial charge in [-0.05, 0) is 64.2 Å². The lowest BCUT2D eigenvalue weighted by Crippen LogP contribution is -2.28. The summed E-state index contributed by atoms with van der Waals surface area (Å²) in [4.78, 5) is 24.1. The van der Waals surface area contributed by atoms with Crippen LogP contribution in [0.15, 0.2) is 24.3 Å². The zero-order valence-electron chi connectivity index (χ0n) is 26.4. The van der Waals surface area contributed by atoms with E-state index in [1.54, 1.807) is 0 Å². The van der Waals surface area contributed by atoms with Gasteiger partial charge in [-0.25, -0.2) is 0 Å². The molecule has 0 amide bonds. The van der Waals surface area contributed by atoms with E-state index in [0.29, 0.717) is 12.8 Å². The van der Waals surface area contributed by atoms with E-state index in [1.165, 1.54) is 89.9 Å². The first-order chi connectivity index (χ1) is 19.6. The van der Waals surface area contributed by atoms with Gasteiger partial charge in [0.15, 0.2) is 6.10 Å². The van der Waals surface area contributed by atoms with Gasteiger partial charge in [-0.1, -0.05) is 115 Å². The molecule has 5 heteroatoms. The zero-order chi connectivity index (χ0) is 29.4. The third-order valence-corrected chi connectivity index (χ3v) is 7.22. The molecule has 1 atom stereocenters. The maximum atomic E-state index is 12.1. The maximum Gasteiger partial charge on any atom is 0.306 e. The number of allylic oxidation sites excluding steroid dienone is 4. The topological polar surface area (TPSA) is 72.8 Å². The van der Waals surface area contributed by atoms with Crippen molar-refractivity contribution in [3.8, 4) is 0 Å². The van der Waals surface area contributed by atoms with Gasteiger partial charge in [0.05, 0.1) is 6.61 Å². The average molecular weight is 565 g/mol. The lowest BCUT2D eigenvalue weighted by atomic mass is 10.1. The van der Waals surface area contributed by atoms with E-state index in [2.05, 4.69) is 38.2 Å². The normalized spacial score (nSPS) is 12.4. The van der Waals surface area contributed by atoms with E-state index in [-0.39, 0.29) is 25.2 Å². The van der Waals surface area contributed by atoms with E-state index in [0.717, 1.165) is 51.4 Å². The largest absolute Gasteiger partial charge is 0.462 e. The van der Waals surface area contributed by atoms with Crippen LogP contribution in [0, 0.1) is 0 Å². The fourth-order valence-electron chi connectivity index (χ4n) is 4.60. The summed E-state index contributed by atoms with van der Waals surface area (Å²) in [6.07, 6.45) is 35.1. The van der Waals surface area contributed by atoms with Gasteiger partial charge >= 0.3 is 11.9 Å². The molecule has 0 fully saturated rings. The minimum atomic E-state index is -0.773. The van der Waals surface area contributed by atoms with Crippen LogP contribution in [-0.2, 0) is 19.1 Å². The predicted molar refractivity (Wildman–Crippen MR) is 168 cm³/mol. The van der Waals surface area contributed by atoms with E-state index in [1.807, 2.05) is 0 Å². The second-order valence-corrected chi connectivity index (χ2v) is 11.2. The first kappa shape index (κ1) is 38.4. The number of hydrogen-bond donors (Lipinski definition) is 1. The second kappa shape index (κ2) is 31.9. The Morgan fingerprint density at radius 2 is 0.925 bits per heavy atom. The summed E-state index contributed by atoms with van der Waals surface area (Å²) in [7, 11) is 0. The molecule has 1 N–H and O–H groups in total. The van der Waals surface area contributed by atoms with Crippen molar-refractivity contribution in [1.29, 1.82) is 0 Å². The molecular formula is C35H64O5. The van der Waals surface area contributed by atoms with Gasteiger partial charge in [0.25, 0.3) is 0 Å². The first-order valence-corrected chi connectivity index (χ1v) is 16.9. The molecule has 40 heavy (non-hydrogen) atoms. The van der Waals surface area contributed by atoms with E-state index in [4.69, 9.17) is 9.47 Å². The van der Waals surface area contributed by atoms with Crippen LogP contribution in [0.2, 0.25) is 0 Å². The van der Waals surface area contributed by atoms with Crippen molar-refractivity contribution in [2.24, 2.45) is 0 Å². The Bertz CT molecular complexity index is 613. The van der Waals surface area contributed by atoms with E-state index < -0.39 is 6.10 Å². The predicted octanol–water partition coefficient (Wildman–Crippen LogP) is 9.95. The molecule has 0 spiro atoms. The van der Waals surface area contributed by atoms with Gasteiger partial charge in [-0.2, -0.15) is 0 Å². The van der Waals surface area contributed by atoms with Crippen LogP contribution in [0.25, 0.3) is 0 Å². The van der Waals surface area contributed by atoms with Gasteiger partial charge in [0.1, 0.15) is 6.61 Å². The van der Waals surface area contributed by atoms with Crippen molar-refractivity contribution in [2.75, 3.05) is 13.2 Å². The minimum absolute atomic E-state index is 0.0715. The molecule has 0 radical (unpaired) electrons. The van der Waals surface area contributed by atoms with Crippen molar-refractivity contribution in [3.05, 3.63) is 24.3 Å². The molecular weight excluding hydrogens is 500 g/mol. The summed E-state index contributed by atoms with van der Waals surface area (Å²) in [6, 6.07) is 0. The van der Waals surface area contributed by atoms with Gasteiger partial charge in [0, 0.05) is 12.8 Å². The molecule has 0 aromatic rings. The zero-order valence-corrected chi connectivity index (χ0v) is 26.4. The van der Waals surface area contributed by atoms with Gasteiger partial charge < -0.3 is 14.6 Å². The van der Waals surface area contributed by atoms with Crippen LogP contribution in [-0.4, -0.2) is 36.4 Å². The third kappa shape index (κ3) is 29.4. The summed E-state index contributed by atoms with van der Waals surface area (Å²) in [6.45, 7) is 4.08. The number of ether oxygens (including phenoxy) is 2. The van der Waals surface area contributed by atoms with Crippen molar-refractivity contribution >= 4 is 11.9 Å². The highest BCUT2D eigenvalue weighted by Crippen LogP contribution is 2.12. The molecule has 0 unspecified atom stereocenters. The number of aliphatic hydroxyl groups is 1. The summed E-state index contributed by atoms with van der Waals surface area (Å²) in [5.41, 5.74) is 0. The monoisotopic (exact) mass is 564 g/mol. The van der Waals surface area contributed by atoms with E-state index >= 15 is 0 Å². The Morgan fingerprint density at radius 1 is 0.550 bits per heavy atom. The molecule has 0 saturated heterocycles. The molecule has 234 valence electrons. The van der Waals surface area contributed by atoms with Crippen LogP contribution in [0.3, 0.4) is 0 Å². The number of esters is 2. The molecule has 0 aromatic carbocycles. The Hall–Kier alpha value is -1.62. The summed E-state index contributed by atoms with van der Waals surface area (Å²) in [5.74, 6) is -0.612. The highest BCUT2D eigenvalue weighted by Gasteiger charge is 2.16. The molecule has 5 nitrogen and oxygen atoms in total. The summed E-state index contributed by atoms with van der Waals surface area (Å²) in [5, 5.41) is 9.49. The Balaban J connectivity index is 3.61. The van der Waals surface area contributed by atoms with Gasteiger partial charge in [-0.3, -0.25) is 9.59 Å². The number of carbonyl (C=O) groups is 2. The number of unbranched alkanes of at least 4 members (excludes halogenated alkanes) is 18. The highest BCUT2D eigenvalue weighted by atomic mass is 16.6. The Morgan fingerprint density at radius 3 is 1.35 bits per heavy atom. The van der Waals surface area contributed by atoms with Crippen LogP contribution in [0.4, 0.5) is 0 Å². The molecule has 0 aliphatic heterocycles. The molecule has 0 rings (SSSR count). The number of hydrogen-bond acceptors (Lipinski definition) is 5. The lowest BCUT2D eigenvalue weighted by molar-refractivity contribution is -0.161. The third-order valence-electron chi connectivity index (χ3n) is 7.22. The van der Waals surface area contributed by atoms with E-state index in [9.17, 15) is 14.7 Å². The summed E-state index contributed by atoms with van der Waals surface area (Å²) >= 11 is 0. The van der Waals surface area contributed by atoms with Crippen molar-refractivity contribution in [3.63, 3.8) is 0 Å². The van der Waals surface area contributed by atoms with Crippen molar-refractivity contribution in [1.82, 2.24) is 0 Å². The van der Waals surface area contributed by atoms with Crippen LogP contribution >= 0.6 is 0 Å². The maximum absolute atomic E-state index is 12.1. The number of carbonyl (C=O) groups excluding carboxylic acids is 2. The number of rotatable bonds is 30. The second-order valence-electron chi connectivity index (χ2n) is 11.2. The highest BCUT2D eigenvalue weighted by molar-refractivity contribution is 5.70. The molecule has 0 bridgehead atoms. The molecule has 0 aromatic heterocycles. The fourth-order valence-corrected chi connectivity index (χ4v) is 4.60. The standard InChI is InChI=1S/C35H64O5/c1-3-5-7-9-11-13-15-17-19-21-23-25-27-29-34(37)39-32-33(31-36)40-35(38)30-28-26-24-22-20-18-16-14-12-10-8-6-4-2/h13-16,33,36H,3-12,17-32H2,1-2H3/b15-13-,16-14-/t33-/m0/s1. The molecule has 0 aliphatic rings. The van der Waals surface area contributed by atoms with Crippen LogP contribution in [0.1, 0.15) is 168 Å². The quantitative estimate of drug-likeness (QED) is 0.0534. The van der Waals surface area contributed by atoms with Gasteiger partial charge in [-0.15, -0.1) is 0 Å². The minimum Gasteiger partial charge on any atom is -0.462 e. The molecule has 0 heterocycles. The Kier molecular flexibility index (Phi) is 30.6. The average Bonchev–Trinajstić information content (AvgIpc) is 2.96. The van der Waals surface area contributed by atoms with Crippen molar-refractivity contribution < 1.29 is 24.2 Å². The molecule has 0 aliphatic carbocycles. The first-order valence-electron chi connectivity index (χ1n) is 16.9. The lowest BCUT2D eigenvalue weighted by Gasteiger charge is -2.15. The fraction of sp³-hybridized carbons (Fsp3) is 0.829. The van der Waals surface area contributed by atoms with Gasteiger partial charge in [0.2, 0.25) is 0 Å². The van der Waals surface area contributed by atoms with Crippen molar-refractivity contribution in [2.45, 2.75) is 174 Å². The van der Waals surface area contributed by atoms with Crippen LogP contribution in [0.5, 0.6) is 0 Å². The SMILES string of the molecule is CCCCCC/C=C\CCCCCCCC(=O)OC[C@H](CO)OC(=O)CCCCCCC/C=C\CCCCCC. The van der Waals surface area contributed by atoms with Crippen LogP contribution < -0.4 is 0 Å².